The van der Waals surface area contributed by atoms with Gasteiger partial charge in [0.15, 0.2) is 0 Å². The molecule has 1 saturated heterocycles. The molecule has 5 heteroatoms. The van der Waals surface area contributed by atoms with E-state index in [-0.39, 0.29) is 11.8 Å². The van der Waals surface area contributed by atoms with Crippen LogP contribution < -0.4 is 10.5 Å². The molecular formula is C28H32BrN2O2+. The van der Waals surface area contributed by atoms with E-state index in [1.54, 1.807) is 0 Å². The van der Waals surface area contributed by atoms with Crippen LogP contribution in [0.3, 0.4) is 0 Å². The molecule has 1 aliphatic rings. The topological polar surface area (TPSA) is 52.3 Å². The molecule has 3 aromatic carbocycles. The number of primary amides is 1. The van der Waals surface area contributed by atoms with Crippen LogP contribution in [0.1, 0.15) is 24.0 Å². The molecular weight excluding hydrogens is 476 g/mol. The molecule has 3 aromatic rings. The fourth-order valence-corrected chi connectivity index (χ4v) is 5.85. The van der Waals surface area contributed by atoms with Gasteiger partial charge < -0.3 is 15.0 Å². The smallest absolute Gasteiger partial charge is 0.233 e. The molecule has 172 valence electrons. The molecule has 1 amide bonds. The van der Waals surface area contributed by atoms with Gasteiger partial charge in [-0.3, -0.25) is 4.79 Å². The Morgan fingerprint density at radius 3 is 2.15 bits per heavy atom. The van der Waals surface area contributed by atoms with E-state index in [2.05, 4.69) is 23.0 Å². The van der Waals surface area contributed by atoms with Gasteiger partial charge in [0.05, 0.1) is 37.8 Å². The van der Waals surface area contributed by atoms with Crippen molar-refractivity contribution in [2.45, 2.75) is 18.3 Å². The average molecular weight is 508 g/mol. The van der Waals surface area contributed by atoms with E-state index in [0.717, 1.165) is 58.3 Å². The Hall–Kier alpha value is -2.63. The number of rotatable bonds is 9. The third-order valence-corrected chi connectivity index (χ3v) is 7.73. The lowest BCUT2D eigenvalue weighted by molar-refractivity contribution is -0.899. The molecule has 1 heterocycles. The van der Waals surface area contributed by atoms with Crippen LogP contribution in [0.2, 0.25) is 0 Å². The number of hydrogen-bond donors (Lipinski definition) is 1. The first-order valence-corrected chi connectivity index (χ1v) is 12.4. The Balaban J connectivity index is 1.53. The number of carbonyl (C=O) groups excluding carboxylic acids is 1. The molecule has 1 aliphatic heterocycles. The summed E-state index contributed by atoms with van der Waals surface area (Å²) in [5.74, 6) is 0.741. The zero-order valence-corrected chi connectivity index (χ0v) is 20.7. The highest BCUT2D eigenvalue weighted by atomic mass is 79.9. The Kier molecular flexibility index (Phi) is 7.20. The molecule has 0 spiro atoms. The van der Waals surface area contributed by atoms with Crippen LogP contribution in [0, 0.1) is 5.92 Å². The minimum Gasteiger partial charge on any atom is -0.492 e. The van der Waals surface area contributed by atoms with Gasteiger partial charge >= 0.3 is 0 Å². The number of amides is 1. The van der Waals surface area contributed by atoms with E-state index in [1.807, 2.05) is 84.9 Å². The first kappa shape index (κ1) is 23.5. The maximum absolute atomic E-state index is 13.3. The van der Waals surface area contributed by atoms with Crippen LogP contribution in [0.15, 0.2) is 89.4 Å². The summed E-state index contributed by atoms with van der Waals surface area (Å²) in [6, 6.07) is 28.1. The van der Waals surface area contributed by atoms with E-state index < -0.39 is 5.41 Å². The zero-order valence-electron chi connectivity index (χ0n) is 19.1. The van der Waals surface area contributed by atoms with Crippen LogP contribution in [-0.4, -0.2) is 43.7 Å². The summed E-state index contributed by atoms with van der Waals surface area (Å²) >= 11 is 3.54. The number of nitrogens with zero attached hydrogens (tertiary/aromatic N) is 1. The van der Waals surface area contributed by atoms with Gasteiger partial charge in [0.25, 0.3) is 0 Å². The highest BCUT2D eigenvalue weighted by Crippen LogP contribution is 2.45. The standard InChI is InChI=1S/C28H31BrN2O2/c1-31(18-10-20-33-26-16-9-8-15-25(26)29)19-17-24(21-31)28(27(30)32,22-11-4-2-5-12-22)23-13-6-3-7-14-23/h2-9,11-16,24H,10,17-21H2,1H3,(H-,30,32)/p+1/t24-,31?/m1/s1. The Morgan fingerprint density at radius 2 is 1.58 bits per heavy atom. The second-order valence-electron chi connectivity index (χ2n) is 9.27. The van der Waals surface area contributed by atoms with Crippen molar-refractivity contribution in [3.8, 4) is 5.75 Å². The summed E-state index contributed by atoms with van der Waals surface area (Å²) < 4.78 is 7.87. The SMILES string of the molecule is C[N+]1(CCCOc2ccccc2Br)CC[C@@H](C(C(N)=O)(c2ccccc2)c2ccccc2)C1. The number of hydrogen-bond acceptors (Lipinski definition) is 2. The summed E-state index contributed by atoms with van der Waals surface area (Å²) in [7, 11) is 2.29. The van der Waals surface area contributed by atoms with Gasteiger partial charge in [0.2, 0.25) is 5.91 Å². The summed E-state index contributed by atoms with van der Waals surface area (Å²) in [5, 5.41) is 0. The number of halogens is 1. The summed E-state index contributed by atoms with van der Waals surface area (Å²) in [4.78, 5) is 13.3. The minimum atomic E-state index is -0.829. The highest BCUT2D eigenvalue weighted by Gasteiger charge is 2.53. The molecule has 0 radical (unpaired) electrons. The van der Waals surface area contributed by atoms with Crippen molar-refractivity contribution in [1.29, 1.82) is 0 Å². The molecule has 2 N–H and O–H groups in total. The number of ether oxygens (including phenoxy) is 1. The lowest BCUT2D eigenvalue weighted by Gasteiger charge is -2.38. The molecule has 0 bridgehead atoms. The maximum atomic E-state index is 13.3. The van der Waals surface area contributed by atoms with Crippen molar-refractivity contribution >= 4 is 21.8 Å². The predicted molar refractivity (Wildman–Crippen MR) is 136 cm³/mol. The van der Waals surface area contributed by atoms with Crippen molar-refractivity contribution < 1.29 is 14.0 Å². The van der Waals surface area contributed by atoms with Gasteiger partial charge in [-0.1, -0.05) is 72.8 Å². The van der Waals surface area contributed by atoms with Crippen LogP contribution >= 0.6 is 15.9 Å². The lowest BCUT2D eigenvalue weighted by Crippen LogP contribution is -2.51. The fourth-order valence-electron chi connectivity index (χ4n) is 5.45. The van der Waals surface area contributed by atoms with Crippen LogP contribution in [0.25, 0.3) is 0 Å². The third-order valence-electron chi connectivity index (χ3n) is 7.07. The predicted octanol–water partition coefficient (Wildman–Crippen LogP) is 5.16. The molecule has 4 nitrogen and oxygen atoms in total. The van der Waals surface area contributed by atoms with E-state index in [4.69, 9.17) is 10.5 Å². The number of para-hydroxylation sites is 1. The van der Waals surface area contributed by atoms with Crippen molar-refractivity contribution in [2.75, 3.05) is 33.3 Å². The minimum absolute atomic E-state index is 0.133. The van der Waals surface area contributed by atoms with Gasteiger partial charge in [0, 0.05) is 18.8 Å². The van der Waals surface area contributed by atoms with Crippen LogP contribution in [0.4, 0.5) is 0 Å². The van der Waals surface area contributed by atoms with Crippen LogP contribution in [0.5, 0.6) is 5.75 Å². The van der Waals surface area contributed by atoms with Crippen molar-refractivity contribution in [2.24, 2.45) is 11.7 Å². The summed E-state index contributed by atoms with van der Waals surface area (Å²) in [6.07, 6.45) is 1.90. The van der Waals surface area contributed by atoms with E-state index in [0.29, 0.717) is 6.61 Å². The van der Waals surface area contributed by atoms with Crippen LogP contribution in [-0.2, 0) is 10.2 Å². The van der Waals surface area contributed by atoms with Gasteiger partial charge in [-0.2, -0.15) is 0 Å². The molecule has 0 aliphatic carbocycles. The fraction of sp³-hybridized carbons (Fsp3) is 0.321. The molecule has 1 unspecified atom stereocenters. The Labute approximate surface area is 205 Å². The molecule has 33 heavy (non-hydrogen) atoms. The molecule has 4 rings (SSSR count). The van der Waals surface area contributed by atoms with Crippen molar-refractivity contribution in [1.82, 2.24) is 0 Å². The third kappa shape index (κ3) is 4.85. The van der Waals surface area contributed by atoms with Crippen molar-refractivity contribution in [3.05, 3.63) is 101 Å². The first-order valence-electron chi connectivity index (χ1n) is 11.6. The quantitative estimate of drug-likeness (QED) is 0.321. The highest BCUT2D eigenvalue weighted by molar-refractivity contribution is 9.10. The number of quaternary nitrogens is 1. The first-order chi connectivity index (χ1) is 16.0. The number of carbonyl (C=O) groups is 1. The van der Waals surface area contributed by atoms with E-state index >= 15 is 0 Å². The van der Waals surface area contributed by atoms with Crippen molar-refractivity contribution in [3.63, 3.8) is 0 Å². The van der Waals surface area contributed by atoms with Gasteiger partial charge in [-0.15, -0.1) is 0 Å². The Bertz CT molecular complexity index is 1030. The summed E-state index contributed by atoms with van der Waals surface area (Å²) in [5.41, 5.74) is 7.38. The molecule has 0 saturated carbocycles. The normalized spacial score (nSPS) is 20.5. The number of benzene rings is 3. The molecule has 2 atom stereocenters. The maximum Gasteiger partial charge on any atom is 0.233 e. The van der Waals surface area contributed by atoms with Gasteiger partial charge in [0.1, 0.15) is 11.2 Å². The number of nitrogens with two attached hydrogens (primary N) is 1. The zero-order chi connectivity index (χ0) is 23.3. The van der Waals surface area contributed by atoms with E-state index in [9.17, 15) is 4.79 Å². The largest absolute Gasteiger partial charge is 0.492 e. The lowest BCUT2D eigenvalue weighted by atomic mass is 9.64. The monoisotopic (exact) mass is 507 g/mol. The van der Waals surface area contributed by atoms with E-state index in [1.165, 1.54) is 0 Å². The summed E-state index contributed by atoms with van der Waals surface area (Å²) in [6.45, 7) is 3.59. The molecule has 1 fully saturated rings. The Morgan fingerprint density at radius 1 is 1.00 bits per heavy atom. The number of likely N-dealkylation sites (tertiary alicyclic amines) is 1. The molecule has 0 aromatic heterocycles. The average Bonchev–Trinajstić information content (AvgIpc) is 3.22. The second kappa shape index (κ2) is 10.1. The van der Waals surface area contributed by atoms with Gasteiger partial charge in [-0.05, 0) is 39.2 Å². The second-order valence-corrected chi connectivity index (χ2v) is 10.1. The van der Waals surface area contributed by atoms with Gasteiger partial charge in [-0.25, -0.2) is 0 Å².